The minimum absolute atomic E-state index is 0.108. The number of carbonyl (C=O) groups excluding carboxylic acids is 3. The first kappa shape index (κ1) is 20.3. The molecule has 0 spiro atoms. The van der Waals surface area contributed by atoms with Crippen LogP contribution in [0.1, 0.15) is 37.8 Å². The molecule has 0 atom stereocenters. The third-order valence-corrected chi connectivity index (χ3v) is 5.84. The van der Waals surface area contributed by atoms with Gasteiger partial charge < -0.3 is 9.64 Å². The largest absolute Gasteiger partial charge is 0.416 e. The van der Waals surface area contributed by atoms with E-state index in [1.54, 1.807) is 11.0 Å². The van der Waals surface area contributed by atoms with Gasteiger partial charge in [-0.05, 0) is 42.2 Å². The van der Waals surface area contributed by atoms with Gasteiger partial charge in [-0.3, -0.25) is 9.59 Å². The number of hydrogen-bond donors (Lipinski definition) is 0. The van der Waals surface area contributed by atoms with Crippen molar-refractivity contribution >= 4 is 35.2 Å². The van der Waals surface area contributed by atoms with E-state index >= 15 is 0 Å². The van der Waals surface area contributed by atoms with E-state index in [9.17, 15) is 14.4 Å². The number of anilines is 1. The fraction of sp³-hybridized carbons (Fsp3) is 0.364. The lowest BCUT2D eigenvalue weighted by molar-refractivity contribution is -0.136. The van der Waals surface area contributed by atoms with Gasteiger partial charge in [0.1, 0.15) is 0 Å². The molecule has 0 radical (unpaired) electrons. The predicted octanol–water partition coefficient (Wildman–Crippen LogP) is 3.97. The molecule has 0 aliphatic carbocycles. The highest BCUT2D eigenvalue weighted by Crippen LogP contribution is 2.34. The maximum absolute atomic E-state index is 12.6. The van der Waals surface area contributed by atoms with Gasteiger partial charge in [-0.15, -0.1) is 0 Å². The molecule has 3 amide bonds. The summed E-state index contributed by atoms with van der Waals surface area (Å²) in [4.78, 5) is 44.3. The minimum Gasteiger partial charge on any atom is -0.391 e. The molecule has 156 valence electrons. The van der Waals surface area contributed by atoms with Gasteiger partial charge in [-0.25, -0.2) is 14.7 Å². The number of halogens is 1. The first-order valence-corrected chi connectivity index (χ1v) is 10.2. The lowest BCUT2D eigenvalue weighted by atomic mass is 9.82. The highest BCUT2D eigenvalue weighted by atomic mass is 35.5. The number of hydrogen-bond acceptors (Lipinski definition) is 5. The van der Waals surface area contributed by atoms with E-state index in [2.05, 4.69) is 4.98 Å². The maximum Gasteiger partial charge on any atom is 0.416 e. The standard InChI is InChI=1S/C22H22ClN3O4/c1-22(2)9-7-19(27)26(20(22)28)17-5-6-18(24-12-17)30-21(29)25-10-8-14-3-4-16(23)11-15(14)13-25/h3-6,11-12H,7-10,13H2,1-2H3. The summed E-state index contributed by atoms with van der Waals surface area (Å²) in [5.41, 5.74) is 1.94. The molecule has 1 aromatic carbocycles. The van der Waals surface area contributed by atoms with Crippen LogP contribution >= 0.6 is 11.6 Å². The maximum atomic E-state index is 12.6. The van der Waals surface area contributed by atoms with Crippen LogP contribution in [0.4, 0.5) is 10.5 Å². The molecule has 2 aliphatic rings. The van der Waals surface area contributed by atoms with Gasteiger partial charge in [0.05, 0.1) is 11.9 Å². The summed E-state index contributed by atoms with van der Waals surface area (Å²) in [7, 11) is 0. The summed E-state index contributed by atoms with van der Waals surface area (Å²) < 4.78 is 5.39. The van der Waals surface area contributed by atoms with Crippen LogP contribution in [0.2, 0.25) is 5.02 Å². The van der Waals surface area contributed by atoms with E-state index in [0.717, 1.165) is 16.9 Å². The SMILES string of the molecule is CC1(C)CCC(=O)N(c2ccc(OC(=O)N3CCc4ccc(Cl)cc4C3)nc2)C1=O. The first-order valence-electron chi connectivity index (χ1n) is 9.82. The van der Waals surface area contributed by atoms with Crippen molar-refractivity contribution in [3.8, 4) is 5.88 Å². The highest BCUT2D eigenvalue weighted by molar-refractivity contribution is 6.30. The van der Waals surface area contributed by atoms with E-state index in [4.69, 9.17) is 16.3 Å². The quantitative estimate of drug-likeness (QED) is 0.677. The Morgan fingerprint density at radius 3 is 2.67 bits per heavy atom. The average Bonchev–Trinajstić information content (AvgIpc) is 2.72. The van der Waals surface area contributed by atoms with Crippen LogP contribution < -0.4 is 9.64 Å². The average molecular weight is 428 g/mol. The summed E-state index contributed by atoms with van der Waals surface area (Å²) in [6.45, 7) is 4.60. The minimum atomic E-state index is -0.605. The van der Waals surface area contributed by atoms with Crippen molar-refractivity contribution < 1.29 is 19.1 Å². The molecule has 3 heterocycles. The molecule has 0 bridgehead atoms. The van der Waals surface area contributed by atoms with Gasteiger partial charge in [-0.1, -0.05) is 31.5 Å². The molecule has 1 aromatic heterocycles. The molecule has 7 nitrogen and oxygen atoms in total. The van der Waals surface area contributed by atoms with Crippen molar-refractivity contribution in [1.29, 1.82) is 0 Å². The van der Waals surface area contributed by atoms with Gasteiger partial charge >= 0.3 is 6.09 Å². The molecule has 0 unspecified atom stereocenters. The Kier molecular flexibility index (Phi) is 5.24. The lowest BCUT2D eigenvalue weighted by Crippen LogP contribution is -2.49. The Morgan fingerprint density at radius 2 is 1.93 bits per heavy atom. The van der Waals surface area contributed by atoms with E-state index < -0.39 is 11.5 Å². The summed E-state index contributed by atoms with van der Waals surface area (Å²) in [6.07, 6.45) is 2.42. The fourth-order valence-electron chi connectivity index (χ4n) is 3.72. The Labute approximate surface area is 179 Å². The number of pyridine rings is 1. The lowest BCUT2D eigenvalue weighted by Gasteiger charge is -2.35. The number of rotatable bonds is 2. The second-order valence-electron chi connectivity index (χ2n) is 8.23. The Morgan fingerprint density at radius 1 is 1.13 bits per heavy atom. The van der Waals surface area contributed by atoms with Crippen molar-refractivity contribution in [2.75, 3.05) is 11.4 Å². The molecule has 4 rings (SSSR count). The summed E-state index contributed by atoms with van der Waals surface area (Å²) in [5, 5.41) is 0.631. The van der Waals surface area contributed by atoms with Crippen LogP contribution in [0.5, 0.6) is 5.88 Å². The predicted molar refractivity (Wildman–Crippen MR) is 111 cm³/mol. The van der Waals surface area contributed by atoms with Crippen LogP contribution in [-0.2, 0) is 22.6 Å². The first-order chi connectivity index (χ1) is 14.2. The number of aromatic nitrogens is 1. The third-order valence-electron chi connectivity index (χ3n) is 5.60. The number of ether oxygens (including phenoxy) is 1. The number of fused-ring (bicyclic) bond motifs is 1. The molecule has 0 N–H and O–H groups in total. The number of nitrogens with zero attached hydrogens (tertiary/aromatic N) is 3. The molecule has 2 aromatic rings. The molecule has 2 aliphatic heterocycles. The summed E-state index contributed by atoms with van der Waals surface area (Å²) in [6, 6.07) is 8.74. The second-order valence-corrected chi connectivity index (χ2v) is 8.66. The molecular formula is C22H22ClN3O4. The zero-order valence-corrected chi connectivity index (χ0v) is 17.6. The molecule has 8 heteroatoms. The summed E-state index contributed by atoms with van der Waals surface area (Å²) in [5.74, 6) is -0.399. The Hall–Kier alpha value is -2.93. The van der Waals surface area contributed by atoms with Crippen molar-refractivity contribution in [2.24, 2.45) is 5.41 Å². The van der Waals surface area contributed by atoms with Gasteiger partial charge in [0, 0.05) is 36.0 Å². The van der Waals surface area contributed by atoms with Crippen LogP contribution in [0.3, 0.4) is 0 Å². The molecule has 1 fully saturated rings. The van der Waals surface area contributed by atoms with Crippen molar-refractivity contribution in [3.05, 3.63) is 52.7 Å². The van der Waals surface area contributed by atoms with Crippen LogP contribution in [0.25, 0.3) is 0 Å². The fourth-order valence-corrected chi connectivity index (χ4v) is 3.91. The van der Waals surface area contributed by atoms with E-state index in [0.29, 0.717) is 36.6 Å². The number of imide groups is 1. The van der Waals surface area contributed by atoms with Gasteiger partial charge in [0.25, 0.3) is 0 Å². The van der Waals surface area contributed by atoms with E-state index in [1.807, 2.05) is 32.0 Å². The third kappa shape index (κ3) is 3.89. The molecule has 30 heavy (non-hydrogen) atoms. The number of benzene rings is 1. The zero-order chi connectivity index (χ0) is 21.5. The van der Waals surface area contributed by atoms with Crippen molar-refractivity contribution in [3.63, 3.8) is 0 Å². The van der Waals surface area contributed by atoms with Crippen molar-refractivity contribution in [1.82, 2.24) is 9.88 Å². The molecule has 1 saturated heterocycles. The summed E-state index contributed by atoms with van der Waals surface area (Å²) >= 11 is 6.05. The van der Waals surface area contributed by atoms with E-state index in [-0.39, 0.29) is 17.7 Å². The highest BCUT2D eigenvalue weighted by Gasteiger charge is 2.41. The number of carbonyl (C=O) groups is 3. The van der Waals surface area contributed by atoms with Crippen molar-refractivity contribution in [2.45, 2.75) is 39.7 Å². The monoisotopic (exact) mass is 427 g/mol. The smallest absolute Gasteiger partial charge is 0.391 e. The number of piperidine rings is 1. The molecular weight excluding hydrogens is 406 g/mol. The normalized spacial score (nSPS) is 18.2. The van der Waals surface area contributed by atoms with Crippen LogP contribution in [-0.4, -0.2) is 34.3 Å². The van der Waals surface area contributed by atoms with Gasteiger partial charge in [0.15, 0.2) is 0 Å². The molecule has 0 saturated carbocycles. The zero-order valence-electron chi connectivity index (χ0n) is 16.9. The van der Waals surface area contributed by atoms with Gasteiger partial charge in [-0.2, -0.15) is 0 Å². The topological polar surface area (TPSA) is 79.8 Å². The second kappa shape index (κ2) is 7.72. The Balaban J connectivity index is 1.44. The van der Waals surface area contributed by atoms with Gasteiger partial charge in [0.2, 0.25) is 17.7 Å². The van der Waals surface area contributed by atoms with Crippen LogP contribution in [0, 0.1) is 5.41 Å². The number of amides is 3. The Bertz CT molecular complexity index is 1020. The van der Waals surface area contributed by atoms with E-state index in [1.165, 1.54) is 17.8 Å². The van der Waals surface area contributed by atoms with Crippen LogP contribution in [0.15, 0.2) is 36.5 Å².